The number of amides is 1. The van der Waals surface area contributed by atoms with E-state index in [0.717, 1.165) is 11.1 Å². The van der Waals surface area contributed by atoms with Gasteiger partial charge in [-0.3, -0.25) is 4.79 Å². The van der Waals surface area contributed by atoms with E-state index in [1.807, 2.05) is 13.0 Å². The largest absolute Gasteiger partial charge is 0.465 e. The highest BCUT2D eigenvalue weighted by Gasteiger charge is 2.22. The van der Waals surface area contributed by atoms with Crippen LogP contribution >= 0.6 is 27.5 Å². The Morgan fingerprint density at radius 3 is 2.68 bits per heavy atom. The van der Waals surface area contributed by atoms with Crippen LogP contribution in [0, 0.1) is 13.8 Å². The Kier molecular flexibility index (Phi) is 5.81. The van der Waals surface area contributed by atoms with Crippen molar-refractivity contribution in [3.8, 4) is 5.82 Å². The lowest BCUT2D eigenvalue weighted by atomic mass is 10.0. The molecule has 0 aliphatic carbocycles. The topological polar surface area (TPSA) is 86.1 Å². The molecule has 144 valence electrons. The number of halogens is 2. The van der Waals surface area contributed by atoms with E-state index in [0.29, 0.717) is 21.1 Å². The second kappa shape index (κ2) is 8.12. The lowest BCUT2D eigenvalue weighted by molar-refractivity contribution is 0.0601. The van der Waals surface area contributed by atoms with Crippen molar-refractivity contribution in [2.75, 3.05) is 12.4 Å². The summed E-state index contributed by atoms with van der Waals surface area (Å²) in [6.07, 6.45) is 1.55. The fourth-order valence-electron chi connectivity index (χ4n) is 2.79. The molecule has 2 aromatic heterocycles. The number of pyridine rings is 1. The van der Waals surface area contributed by atoms with Crippen LogP contribution in [0.1, 0.15) is 32.0 Å². The summed E-state index contributed by atoms with van der Waals surface area (Å²) in [6.45, 7) is 3.66. The summed E-state index contributed by atoms with van der Waals surface area (Å²) in [7, 11) is 1.29. The van der Waals surface area contributed by atoms with Crippen LogP contribution in [0.25, 0.3) is 5.82 Å². The number of carbonyl (C=O) groups is 2. The number of esters is 1. The van der Waals surface area contributed by atoms with Crippen molar-refractivity contribution in [1.82, 2.24) is 14.8 Å². The summed E-state index contributed by atoms with van der Waals surface area (Å²) in [5.41, 5.74) is 2.45. The first-order valence-corrected chi connectivity index (χ1v) is 9.36. The van der Waals surface area contributed by atoms with E-state index >= 15 is 0 Å². The molecular weight excluding hydrogens is 448 g/mol. The summed E-state index contributed by atoms with van der Waals surface area (Å²) in [4.78, 5) is 29.4. The second-order valence-electron chi connectivity index (χ2n) is 6.02. The van der Waals surface area contributed by atoms with Gasteiger partial charge in [-0.05, 0) is 59.1 Å². The van der Waals surface area contributed by atoms with Crippen LogP contribution in [-0.4, -0.2) is 33.8 Å². The number of nitrogens with one attached hydrogen (secondary N) is 1. The van der Waals surface area contributed by atoms with E-state index in [2.05, 4.69) is 31.3 Å². The van der Waals surface area contributed by atoms with Gasteiger partial charge in [0.2, 0.25) is 0 Å². The van der Waals surface area contributed by atoms with E-state index in [4.69, 9.17) is 16.3 Å². The SMILES string of the molecule is COC(=O)c1cc(C)cc(C)c1NC(=O)c1cc(Br)nn1-c1ncccc1Cl. The second-order valence-corrected chi connectivity index (χ2v) is 7.24. The highest BCUT2D eigenvalue weighted by molar-refractivity contribution is 9.10. The molecule has 7 nitrogen and oxygen atoms in total. The van der Waals surface area contributed by atoms with Gasteiger partial charge in [0.15, 0.2) is 5.82 Å². The highest BCUT2D eigenvalue weighted by Crippen LogP contribution is 2.26. The summed E-state index contributed by atoms with van der Waals surface area (Å²) < 4.78 is 6.62. The first kappa shape index (κ1) is 20.0. The molecule has 0 unspecified atom stereocenters. The van der Waals surface area contributed by atoms with Crippen molar-refractivity contribution in [2.45, 2.75) is 13.8 Å². The highest BCUT2D eigenvalue weighted by atomic mass is 79.9. The van der Waals surface area contributed by atoms with Crippen LogP contribution in [0.2, 0.25) is 5.02 Å². The molecule has 9 heteroatoms. The van der Waals surface area contributed by atoms with Crippen molar-refractivity contribution in [2.24, 2.45) is 0 Å². The zero-order valence-electron chi connectivity index (χ0n) is 15.3. The quantitative estimate of drug-likeness (QED) is 0.582. The van der Waals surface area contributed by atoms with Gasteiger partial charge in [0.05, 0.1) is 23.4 Å². The molecule has 0 radical (unpaired) electrons. The standard InChI is InChI=1S/C19H16BrClN4O3/c1-10-7-11(2)16(12(8-10)19(27)28-3)23-18(26)14-9-15(20)24-25(14)17-13(21)5-4-6-22-17/h4-9H,1-3H3,(H,23,26). The fraction of sp³-hybridized carbons (Fsp3) is 0.158. The van der Waals surface area contributed by atoms with Gasteiger partial charge in [0.1, 0.15) is 10.3 Å². The number of hydrogen-bond donors (Lipinski definition) is 1. The number of aryl methyl sites for hydroxylation is 2. The maximum absolute atomic E-state index is 13.0. The fourth-order valence-corrected chi connectivity index (χ4v) is 3.37. The van der Waals surface area contributed by atoms with Crippen LogP contribution in [0.15, 0.2) is 41.1 Å². The smallest absolute Gasteiger partial charge is 0.339 e. The Balaban J connectivity index is 2.05. The summed E-state index contributed by atoms with van der Waals surface area (Å²) in [5.74, 6) is -0.699. The van der Waals surface area contributed by atoms with Gasteiger partial charge in [-0.15, -0.1) is 0 Å². The van der Waals surface area contributed by atoms with Crippen LogP contribution in [0.4, 0.5) is 5.69 Å². The molecule has 0 bridgehead atoms. The lowest BCUT2D eigenvalue weighted by Crippen LogP contribution is -2.20. The molecule has 1 N–H and O–H groups in total. The predicted octanol–water partition coefficient (Wildman–Crippen LogP) is 4.34. The minimum absolute atomic E-state index is 0.197. The molecule has 3 aromatic rings. The number of anilines is 1. The van der Waals surface area contributed by atoms with Crippen molar-refractivity contribution in [1.29, 1.82) is 0 Å². The Morgan fingerprint density at radius 2 is 2.00 bits per heavy atom. The molecule has 1 aromatic carbocycles. The third kappa shape index (κ3) is 3.93. The molecule has 0 atom stereocenters. The van der Waals surface area contributed by atoms with Crippen molar-refractivity contribution >= 4 is 45.1 Å². The Labute approximate surface area is 174 Å². The first-order chi connectivity index (χ1) is 13.3. The number of rotatable bonds is 4. The Morgan fingerprint density at radius 1 is 1.25 bits per heavy atom. The maximum atomic E-state index is 13.0. The molecule has 0 aliphatic heterocycles. The Hall–Kier alpha value is -2.71. The minimum atomic E-state index is -0.537. The van der Waals surface area contributed by atoms with Gasteiger partial charge in [0, 0.05) is 12.3 Å². The lowest BCUT2D eigenvalue weighted by Gasteiger charge is -2.14. The zero-order valence-corrected chi connectivity index (χ0v) is 17.6. The number of methoxy groups -OCH3 is 1. The molecule has 0 spiro atoms. The monoisotopic (exact) mass is 462 g/mol. The predicted molar refractivity (Wildman–Crippen MR) is 109 cm³/mol. The van der Waals surface area contributed by atoms with Crippen molar-refractivity contribution in [3.63, 3.8) is 0 Å². The third-order valence-electron chi connectivity index (χ3n) is 3.98. The van der Waals surface area contributed by atoms with E-state index in [9.17, 15) is 9.59 Å². The van der Waals surface area contributed by atoms with Crippen molar-refractivity contribution in [3.05, 3.63) is 68.5 Å². The minimum Gasteiger partial charge on any atom is -0.465 e. The van der Waals surface area contributed by atoms with Gasteiger partial charge < -0.3 is 10.1 Å². The summed E-state index contributed by atoms with van der Waals surface area (Å²) >= 11 is 9.48. The molecule has 3 rings (SSSR count). The molecule has 2 heterocycles. The molecule has 0 fully saturated rings. The summed E-state index contributed by atoms with van der Waals surface area (Å²) in [6, 6.07) is 8.41. The van der Waals surface area contributed by atoms with E-state index in [1.54, 1.807) is 37.4 Å². The molecule has 28 heavy (non-hydrogen) atoms. The normalized spacial score (nSPS) is 10.6. The average Bonchev–Trinajstić information content (AvgIpc) is 3.05. The molecule has 0 saturated carbocycles. The number of benzene rings is 1. The van der Waals surface area contributed by atoms with Crippen LogP contribution in [0.5, 0.6) is 0 Å². The Bertz CT molecular complexity index is 1080. The van der Waals surface area contributed by atoms with Gasteiger partial charge in [-0.25, -0.2) is 14.5 Å². The van der Waals surface area contributed by atoms with Gasteiger partial charge in [-0.1, -0.05) is 17.7 Å². The van der Waals surface area contributed by atoms with E-state index in [1.165, 1.54) is 11.8 Å². The van der Waals surface area contributed by atoms with Gasteiger partial charge in [0.25, 0.3) is 5.91 Å². The summed E-state index contributed by atoms with van der Waals surface area (Å²) in [5, 5.41) is 7.38. The van der Waals surface area contributed by atoms with Crippen LogP contribution in [0.3, 0.4) is 0 Å². The molecule has 0 aliphatic rings. The van der Waals surface area contributed by atoms with Gasteiger partial charge >= 0.3 is 5.97 Å². The van der Waals surface area contributed by atoms with Crippen LogP contribution in [-0.2, 0) is 4.74 Å². The maximum Gasteiger partial charge on any atom is 0.339 e. The zero-order chi connectivity index (χ0) is 20.4. The third-order valence-corrected chi connectivity index (χ3v) is 4.66. The van der Waals surface area contributed by atoms with Crippen molar-refractivity contribution < 1.29 is 14.3 Å². The number of ether oxygens (including phenoxy) is 1. The molecule has 1 amide bonds. The van der Waals surface area contributed by atoms with E-state index in [-0.39, 0.29) is 11.3 Å². The average molecular weight is 464 g/mol. The van der Waals surface area contributed by atoms with Gasteiger partial charge in [-0.2, -0.15) is 5.10 Å². The van der Waals surface area contributed by atoms with E-state index < -0.39 is 11.9 Å². The number of nitrogens with zero attached hydrogens (tertiary/aromatic N) is 3. The number of aromatic nitrogens is 3. The van der Waals surface area contributed by atoms with Crippen LogP contribution < -0.4 is 5.32 Å². The molecule has 0 saturated heterocycles. The first-order valence-electron chi connectivity index (χ1n) is 8.19. The number of hydrogen-bond acceptors (Lipinski definition) is 5. The molecular formula is C19H16BrClN4O3. The number of carbonyl (C=O) groups excluding carboxylic acids is 2.